The molecule has 3 rings (SSSR count). The van der Waals surface area contributed by atoms with Gasteiger partial charge in [0.2, 0.25) is 0 Å². The number of hydrogen-bond acceptors (Lipinski definition) is 2. The second-order valence-electron chi connectivity index (χ2n) is 7.26. The van der Waals surface area contributed by atoms with Crippen molar-refractivity contribution in [1.29, 1.82) is 0 Å². The molecule has 2 aromatic rings. The lowest BCUT2D eigenvalue weighted by molar-refractivity contribution is -0.137. The Balaban J connectivity index is 1.66. The molecule has 0 unspecified atom stereocenters. The molecule has 0 atom stereocenters. The zero-order valence-corrected chi connectivity index (χ0v) is 16.1. The third-order valence-electron chi connectivity index (χ3n) is 5.47. The number of nitrogens with zero attached hydrogens (tertiary/aromatic N) is 2. The summed E-state index contributed by atoms with van der Waals surface area (Å²) in [7, 11) is 1.68. The molecule has 1 fully saturated rings. The zero-order valence-electron chi connectivity index (χ0n) is 16.1. The van der Waals surface area contributed by atoms with Crippen LogP contribution in [0.25, 0.3) is 0 Å². The van der Waals surface area contributed by atoms with Crippen molar-refractivity contribution in [3.63, 3.8) is 0 Å². The fourth-order valence-corrected chi connectivity index (χ4v) is 3.54. The van der Waals surface area contributed by atoms with Crippen molar-refractivity contribution in [3.05, 3.63) is 65.0 Å². The average molecular weight is 390 g/mol. The lowest BCUT2D eigenvalue weighted by atomic mass is 9.64. The number of guanidine groups is 1. The Morgan fingerprint density at radius 1 is 1.18 bits per heavy atom. The summed E-state index contributed by atoms with van der Waals surface area (Å²) in [6, 6.07) is 9.59. The lowest BCUT2D eigenvalue weighted by Crippen LogP contribution is -2.48. The molecule has 0 saturated heterocycles. The molecule has 150 valence electrons. The highest BCUT2D eigenvalue weighted by Gasteiger charge is 2.40. The van der Waals surface area contributed by atoms with Crippen LogP contribution in [0, 0.1) is 6.92 Å². The van der Waals surface area contributed by atoms with Gasteiger partial charge in [-0.2, -0.15) is 13.2 Å². The first-order valence-electron chi connectivity index (χ1n) is 9.37. The van der Waals surface area contributed by atoms with Gasteiger partial charge in [-0.15, -0.1) is 0 Å². The summed E-state index contributed by atoms with van der Waals surface area (Å²) in [6.07, 6.45) is 0.149. The molecule has 1 aromatic heterocycles. The van der Waals surface area contributed by atoms with E-state index in [2.05, 4.69) is 20.6 Å². The number of benzene rings is 1. The van der Waals surface area contributed by atoms with Crippen LogP contribution < -0.4 is 10.6 Å². The van der Waals surface area contributed by atoms with Crippen molar-refractivity contribution in [2.45, 2.75) is 44.3 Å². The van der Waals surface area contributed by atoms with Crippen LogP contribution in [-0.2, 0) is 18.1 Å². The fraction of sp³-hybridized carbons (Fsp3) is 0.429. The first-order valence-corrected chi connectivity index (χ1v) is 9.37. The largest absolute Gasteiger partial charge is 0.416 e. The predicted octanol–water partition coefficient (Wildman–Crippen LogP) is 4.20. The average Bonchev–Trinajstić information content (AvgIpc) is 2.64. The molecule has 4 nitrogen and oxygen atoms in total. The minimum atomic E-state index is -4.33. The van der Waals surface area contributed by atoms with Crippen molar-refractivity contribution >= 4 is 5.96 Å². The Morgan fingerprint density at radius 3 is 2.57 bits per heavy atom. The van der Waals surface area contributed by atoms with Crippen LogP contribution in [0.15, 0.2) is 47.6 Å². The van der Waals surface area contributed by atoms with Gasteiger partial charge in [0.15, 0.2) is 5.96 Å². The van der Waals surface area contributed by atoms with E-state index in [1.165, 1.54) is 12.1 Å². The van der Waals surface area contributed by atoms with E-state index in [9.17, 15) is 13.2 Å². The van der Waals surface area contributed by atoms with Gasteiger partial charge in [0.25, 0.3) is 0 Å². The summed E-state index contributed by atoms with van der Waals surface area (Å²) in [5.74, 6) is 0.614. The Morgan fingerprint density at radius 2 is 1.96 bits per heavy atom. The molecule has 1 aliphatic rings. The van der Waals surface area contributed by atoms with E-state index in [-0.39, 0.29) is 5.41 Å². The van der Waals surface area contributed by atoms with Gasteiger partial charge in [0.1, 0.15) is 0 Å². The first kappa shape index (κ1) is 20.2. The smallest absolute Gasteiger partial charge is 0.356 e. The molecule has 0 radical (unpaired) electrons. The molecule has 2 N–H and O–H groups in total. The normalized spacial score (nSPS) is 16.4. The molecule has 1 aromatic carbocycles. The zero-order chi connectivity index (χ0) is 20.2. The first-order chi connectivity index (χ1) is 13.3. The number of rotatable bonds is 5. The van der Waals surface area contributed by atoms with Crippen molar-refractivity contribution < 1.29 is 13.2 Å². The minimum Gasteiger partial charge on any atom is -0.356 e. The highest BCUT2D eigenvalue weighted by atomic mass is 19.4. The van der Waals surface area contributed by atoms with Crippen LogP contribution in [0.1, 0.15) is 41.6 Å². The molecule has 1 aliphatic carbocycles. The molecule has 7 heteroatoms. The highest BCUT2D eigenvalue weighted by molar-refractivity contribution is 5.79. The number of aryl methyl sites for hydroxylation is 1. The number of nitrogens with one attached hydrogen (secondary N) is 2. The van der Waals surface area contributed by atoms with Crippen LogP contribution in [-0.4, -0.2) is 24.5 Å². The molecule has 28 heavy (non-hydrogen) atoms. The van der Waals surface area contributed by atoms with E-state index in [1.807, 2.05) is 19.1 Å². The second-order valence-corrected chi connectivity index (χ2v) is 7.26. The molecule has 0 aliphatic heterocycles. The third-order valence-corrected chi connectivity index (χ3v) is 5.47. The number of alkyl halides is 3. The molecule has 1 saturated carbocycles. The quantitative estimate of drug-likeness (QED) is 0.594. The maximum atomic E-state index is 13.1. The summed E-state index contributed by atoms with van der Waals surface area (Å²) < 4.78 is 39.3. The Labute approximate surface area is 163 Å². The standard InChI is InChI=1S/C21H25F3N4/c1-15-6-4-11-26-18(15)13-27-19(25-2)28-14-20(9-5-10-20)16-7-3-8-17(12-16)21(22,23)24/h3-4,6-8,11-12H,5,9-10,13-14H2,1-2H3,(H2,25,27,28). The van der Waals surface area contributed by atoms with Gasteiger partial charge in [-0.05, 0) is 43.0 Å². The summed E-state index contributed by atoms with van der Waals surface area (Å²) in [4.78, 5) is 8.58. The van der Waals surface area contributed by atoms with Crippen molar-refractivity contribution in [1.82, 2.24) is 15.6 Å². The molecule has 0 bridgehead atoms. The molecule has 0 amide bonds. The lowest BCUT2D eigenvalue weighted by Gasteiger charge is -2.43. The number of aliphatic imine (C=N–C) groups is 1. The number of aromatic nitrogens is 1. The summed E-state index contributed by atoms with van der Waals surface area (Å²) in [5, 5.41) is 6.52. The monoisotopic (exact) mass is 390 g/mol. The number of halogens is 3. The summed E-state index contributed by atoms with van der Waals surface area (Å²) in [5.41, 5.74) is 1.87. The topological polar surface area (TPSA) is 49.3 Å². The van der Waals surface area contributed by atoms with Gasteiger partial charge in [-0.25, -0.2) is 0 Å². The van der Waals surface area contributed by atoms with Crippen LogP contribution in [0.5, 0.6) is 0 Å². The van der Waals surface area contributed by atoms with Crippen molar-refractivity contribution in [2.75, 3.05) is 13.6 Å². The van der Waals surface area contributed by atoms with Crippen LogP contribution in [0.3, 0.4) is 0 Å². The van der Waals surface area contributed by atoms with E-state index in [4.69, 9.17) is 0 Å². The van der Waals surface area contributed by atoms with Gasteiger partial charge in [-0.1, -0.05) is 30.7 Å². The van der Waals surface area contributed by atoms with E-state index < -0.39 is 11.7 Å². The van der Waals surface area contributed by atoms with Gasteiger partial charge >= 0.3 is 6.18 Å². The second kappa shape index (κ2) is 8.20. The Hall–Kier alpha value is -2.57. The molecule has 0 spiro atoms. The van der Waals surface area contributed by atoms with Crippen molar-refractivity contribution in [2.24, 2.45) is 4.99 Å². The third kappa shape index (κ3) is 4.46. The fourth-order valence-electron chi connectivity index (χ4n) is 3.54. The maximum Gasteiger partial charge on any atom is 0.416 e. The highest BCUT2D eigenvalue weighted by Crippen LogP contribution is 2.44. The van der Waals surface area contributed by atoms with Gasteiger partial charge in [0.05, 0.1) is 17.8 Å². The minimum absolute atomic E-state index is 0.292. The van der Waals surface area contributed by atoms with E-state index in [1.54, 1.807) is 19.3 Å². The number of pyridine rings is 1. The molecular formula is C21H25F3N4. The summed E-state index contributed by atoms with van der Waals surface area (Å²) in [6.45, 7) is 3.06. The predicted molar refractivity (Wildman–Crippen MR) is 104 cm³/mol. The summed E-state index contributed by atoms with van der Waals surface area (Å²) >= 11 is 0. The maximum absolute atomic E-state index is 13.1. The Bertz CT molecular complexity index is 842. The molecular weight excluding hydrogens is 365 g/mol. The Kier molecular flexibility index (Phi) is 5.91. The van der Waals surface area contributed by atoms with Crippen molar-refractivity contribution in [3.8, 4) is 0 Å². The van der Waals surface area contributed by atoms with E-state index in [0.717, 1.165) is 42.1 Å². The SMILES string of the molecule is CN=C(NCc1ncccc1C)NCC1(c2cccc(C(F)(F)F)c2)CCC1. The van der Waals surface area contributed by atoms with Gasteiger partial charge in [-0.3, -0.25) is 9.98 Å². The van der Waals surface area contributed by atoms with E-state index in [0.29, 0.717) is 19.0 Å². The van der Waals surface area contributed by atoms with Crippen LogP contribution in [0.2, 0.25) is 0 Å². The molecule has 1 heterocycles. The van der Waals surface area contributed by atoms with E-state index >= 15 is 0 Å². The van der Waals surface area contributed by atoms with Crippen LogP contribution in [0.4, 0.5) is 13.2 Å². The number of hydrogen-bond donors (Lipinski definition) is 2. The van der Waals surface area contributed by atoms with Gasteiger partial charge in [0, 0.05) is 25.2 Å². The van der Waals surface area contributed by atoms with Gasteiger partial charge < -0.3 is 10.6 Å². The van der Waals surface area contributed by atoms with Crippen LogP contribution >= 0.6 is 0 Å².